The van der Waals surface area contributed by atoms with Crippen LogP contribution < -0.4 is 10.6 Å². The van der Waals surface area contributed by atoms with Crippen molar-refractivity contribution in [2.24, 2.45) is 0 Å². The van der Waals surface area contributed by atoms with Crippen LogP contribution in [-0.4, -0.2) is 35.6 Å². The summed E-state index contributed by atoms with van der Waals surface area (Å²) in [5.41, 5.74) is 0. The summed E-state index contributed by atoms with van der Waals surface area (Å²) in [6, 6.07) is 2.43. The Kier molecular flexibility index (Phi) is 6.08. The second-order valence-electron chi connectivity index (χ2n) is 4.36. The van der Waals surface area contributed by atoms with Crippen molar-refractivity contribution in [3.05, 3.63) is 24.2 Å². The van der Waals surface area contributed by atoms with Gasteiger partial charge < -0.3 is 20.2 Å². The molecule has 0 aliphatic rings. The van der Waals surface area contributed by atoms with Gasteiger partial charge in [-0.15, -0.1) is 0 Å². The van der Waals surface area contributed by atoms with Crippen molar-refractivity contribution in [1.29, 1.82) is 0 Å². The Morgan fingerprint density at radius 1 is 1.47 bits per heavy atom. The molecule has 0 aliphatic carbocycles. The number of furan rings is 1. The van der Waals surface area contributed by atoms with Crippen molar-refractivity contribution in [1.82, 2.24) is 10.6 Å². The van der Waals surface area contributed by atoms with E-state index in [1.807, 2.05) is 6.92 Å². The van der Waals surface area contributed by atoms with Gasteiger partial charge in [0, 0.05) is 6.54 Å². The van der Waals surface area contributed by atoms with Gasteiger partial charge in [0.05, 0.1) is 12.4 Å². The number of carbonyl (C=O) groups excluding carboxylic acids is 2. The van der Waals surface area contributed by atoms with Crippen LogP contribution in [-0.2, 0) is 4.79 Å². The van der Waals surface area contributed by atoms with Crippen molar-refractivity contribution in [3.63, 3.8) is 0 Å². The molecule has 3 N–H and O–H groups in total. The highest BCUT2D eigenvalue weighted by Gasteiger charge is 2.18. The van der Waals surface area contributed by atoms with Gasteiger partial charge >= 0.3 is 0 Å². The number of aliphatic hydroxyl groups excluding tert-OH is 1. The van der Waals surface area contributed by atoms with E-state index < -0.39 is 18.1 Å². The van der Waals surface area contributed by atoms with Crippen LogP contribution in [0.2, 0.25) is 0 Å². The maximum absolute atomic E-state index is 11.7. The molecule has 1 heterocycles. The number of nitrogens with one attached hydrogen (secondary N) is 2. The Hall–Kier alpha value is -1.82. The van der Waals surface area contributed by atoms with E-state index in [1.54, 1.807) is 13.0 Å². The number of rotatable bonds is 7. The molecule has 1 aromatic heterocycles. The zero-order chi connectivity index (χ0) is 14.3. The molecule has 0 saturated carbocycles. The van der Waals surface area contributed by atoms with Gasteiger partial charge in [0.1, 0.15) is 6.04 Å². The van der Waals surface area contributed by atoms with Crippen molar-refractivity contribution < 1.29 is 19.1 Å². The summed E-state index contributed by atoms with van der Waals surface area (Å²) >= 11 is 0. The smallest absolute Gasteiger partial charge is 0.287 e. The fraction of sp³-hybridized carbons (Fsp3) is 0.538. The quantitative estimate of drug-likeness (QED) is 0.678. The van der Waals surface area contributed by atoms with Crippen LogP contribution in [0, 0.1) is 0 Å². The maximum atomic E-state index is 11.7. The normalized spacial score (nSPS) is 13.6. The molecule has 1 rings (SSSR count). The molecule has 2 unspecified atom stereocenters. The van der Waals surface area contributed by atoms with Gasteiger partial charge in [-0.25, -0.2) is 0 Å². The average molecular weight is 268 g/mol. The number of aliphatic hydroxyl groups is 1. The highest BCUT2D eigenvalue weighted by Crippen LogP contribution is 2.00. The number of carbonyl (C=O) groups is 2. The zero-order valence-corrected chi connectivity index (χ0v) is 11.2. The summed E-state index contributed by atoms with van der Waals surface area (Å²) in [4.78, 5) is 23.3. The van der Waals surface area contributed by atoms with Gasteiger partial charge in [-0.1, -0.05) is 13.3 Å². The lowest BCUT2D eigenvalue weighted by Crippen LogP contribution is -2.46. The number of hydrogen-bond acceptors (Lipinski definition) is 4. The molecule has 0 bridgehead atoms. The first-order valence-electron chi connectivity index (χ1n) is 6.34. The van der Waals surface area contributed by atoms with E-state index in [4.69, 9.17) is 4.42 Å². The molecule has 0 radical (unpaired) electrons. The van der Waals surface area contributed by atoms with Crippen LogP contribution >= 0.6 is 0 Å². The minimum Gasteiger partial charge on any atom is -0.459 e. The number of hydrogen-bond donors (Lipinski definition) is 3. The van der Waals surface area contributed by atoms with Crippen LogP contribution in [0.25, 0.3) is 0 Å². The lowest BCUT2D eigenvalue weighted by atomic mass is 10.2. The van der Waals surface area contributed by atoms with Gasteiger partial charge in [0.15, 0.2) is 5.76 Å². The van der Waals surface area contributed by atoms with E-state index in [9.17, 15) is 14.7 Å². The molecular formula is C13H20N2O4. The van der Waals surface area contributed by atoms with Crippen molar-refractivity contribution in [2.45, 2.75) is 38.8 Å². The lowest BCUT2D eigenvalue weighted by molar-refractivity contribution is -0.123. The highest BCUT2D eigenvalue weighted by molar-refractivity contribution is 5.95. The standard InChI is InChI=1S/C13H20N2O4/c1-3-5-10(16)8-14-12(17)9(2)15-13(18)11-6-4-7-19-11/h4,6-7,9-10,16H,3,5,8H2,1-2H3,(H,14,17)(H,15,18). The maximum Gasteiger partial charge on any atom is 0.287 e. The molecule has 0 saturated heterocycles. The van der Waals surface area contributed by atoms with Gasteiger partial charge in [-0.2, -0.15) is 0 Å². The van der Waals surface area contributed by atoms with E-state index in [0.717, 1.165) is 6.42 Å². The molecular weight excluding hydrogens is 248 g/mol. The van der Waals surface area contributed by atoms with Crippen molar-refractivity contribution in [2.75, 3.05) is 6.54 Å². The Bertz CT molecular complexity index is 403. The molecule has 0 aliphatic heterocycles. The van der Waals surface area contributed by atoms with Crippen LogP contribution in [0.5, 0.6) is 0 Å². The molecule has 106 valence electrons. The van der Waals surface area contributed by atoms with Crippen LogP contribution in [0.15, 0.2) is 22.8 Å². The summed E-state index contributed by atoms with van der Waals surface area (Å²) in [6.07, 6.45) is 2.32. The molecule has 19 heavy (non-hydrogen) atoms. The van der Waals surface area contributed by atoms with Crippen molar-refractivity contribution in [3.8, 4) is 0 Å². The summed E-state index contributed by atoms with van der Waals surface area (Å²) in [7, 11) is 0. The third-order valence-electron chi connectivity index (χ3n) is 2.62. The Labute approximate surface area is 112 Å². The first-order valence-corrected chi connectivity index (χ1v) is 6.34. The monoisotopic (exact) mass is 268 g/mol. The van der Waals surface area contributed by atoms with Crippen LogP contribution in [0.1, 0.15) is 37.2 Å². The van der Waals surface area contributed by atoms with Gasteiger partial charge in [0.2, 0.25) is 5.91 Å². The molecule has 0 fully saturated rings. The minimum atomic E-state index is -0.688. The van der Waals surface area contributed by atoms with Gasteiger partial charge in [-0.3, -0.25) is 9.59 Å². The van der Waals surface area contributed by atoms with Gasteiger partial charge in [0.25, 0.3) is 5.91 Å². The van der Waals surface area contributed by atoms with E-state index >= 15 is 0 Å². The summed E-state index contributed by atoms with van der Waals surface area (Å²) in [6.45, 7) is 3.72. The largest absolute Gasteiger partial charge is 0.459 e. The second kappa shape index (κ2) is 7.58. The summed E-state index contributed by atoms with van der Waals surface area (Å²) < 4.78 is 4.92. The molecule has 2 atom stereocenters. The van der Waals surface area contributed by atoms with E-state index in [1.165, 1.54) is 12.3 Å². The molecule has 6 heteroatoms. The molecule has 2 amide bonds. The van der Waals surface area contributed by atoms with Crippen LogP contribution in [0.4, 0.5) is 0 Å². The van der Waals surface area contributed by atoms with E-state index in [0.29, 0.717) is 6.42 Å². The third kappa shape index (κ3) is 5.13. The predicted molar refractivity (Wildman–Crippen MR) is 69.6 cm³/mol. The fourth-order valence-corrected chi connectivity index (χ4v) is 1.55. The van der Waals surface area contributed by atoms with Gasteiger partial charge in [-0.05, 0) is 25.5 Å². The summed E-state index contributed by atoms with van der Waals surface area (Å²) in [5, 5.41) is 14.6. The van der Waals surface area contributed by atoms with E-state index in [-0.39, 0.29) is 18.2 Å². The molecule has 1 aromatic rings. The Morgan fingerprint density at radius 2 is 2.21 bits per heavy atom. The zero-order valence-electron chi connectivity index (χ0n) is 11.2. The fourth-order valence-electron chi connectivity index (χ4n) is 1.55. The average Bonchev–Trinajstić information content (AvgIpc) is 2.90. The molecule has 0 spiro atoms. The topological polar surface area (TPSA) is 91.6 Å². The molecule has 6 nitrogen and oxygen atoms in total. The lowest BCUT2D eigenvalue weighted by Gasteiger charge is -2.15. The number of amides is 2. The second-order valence-corrected chi connectivity index (χ2v) is 4.36. The highest BCUT2D eigenvalue weighted by atomic mass is 16.3. The van der Waals surface area contributed by atoms with Crippen molar-refractivity contribution >= 4 is 11.8 Å². The first kappa shape index (κ1) is 15.2. The SMILES string of the molecule is CCCC(O)CNC(=O)C(C)NC(=O)c1ccco1. The minimum absolute atomic E-state index is 0.158. The van der Waals surface area contributed by atoms with E-state index in [2.05, 4.69) is 10.6 Å². The molecule has 0 aromatic carbocycles. The first-order chi connectivity index (χ1) is 9.04. The summed E-state index contributed by atoms with van der Waals surface area (Å²) in [5.74, 6) is -0.623. The Morgan fingerprint density at radius 3 is 2.79 bits per heavy atom. The third-order valence-corrected chi connectivity index (χ3v) is 2.62. The Balaban J connectivity index is 2.34. The van der Waals surface area contributed by atoms with Crippen LogP contribution in [0.3, 0.4) is 0 Å². The predicted octanol–water partition coefficient (Wildman–Crippen LogP) is 0.675.